The van der Waals surface area contributed by atoms with Crippen molar-refractivity contribution in [2.24, 2.45) is 0 Å². The van der Waals surface area contributed by atoms with Crippen LogP contribution < -0.4 is 9.64 Å². The first-order valence-corrected chi connectivity index (χ1v) is 9.92. The quantitative estimate of drug-likeness (QED) is 0.349. The number of anilines is 1. The second-order valence-corrected chi connectivity index (χ2v) is 7.55. The summed E-state index contributed by atoms with van der Waals surface area (Å²) in [6.07, 6.45) is 1.58. The number of aliphatic hydroxyl groups is 1. The number of ether oxygens (including phenoxy) is 1. The van der Waals surface area contributed by atoms with Gasteiger partial charge in [-0.25, -0.2) is 0 Å². The van der Waals surface area contributed by atoms with Gasteiger partial charge in [-0.1, -0.05) is 40.2 Å². The third-order valence-corrected chi connectivity index (χ3v) is 5.39. The van der Waals surface area contributed by atoms with Gasteiger partial charge in [-0.3, -0.25) is 19.5 Å². The standard InChI is InChI=1S/C23H17BrN2O4/c1-30-17-6-4-5-16(13-17)26-20(18-7-2-3-12-25-18)19(22(28)23(26)29)21(27)14-8-10-15(24)11-9-14/h2-13,20,27H,1H3/b21-19+. The highest BCUT2D eigenvalue weighted by Gasteiger charge is 2.47. The van der Waals surface area contributed by atoms with Crippen molar-refractivity contribution >= 4 is 39.1 Å². The van der Waals surface area contributed by atoms with Crippen LogP contribution in [0.2, 0.25) is 0 Å². The van der Waals surface area contributed by atoms with Crippen molar-refractivity contribution in [2.75, 3.05) is 12.0 Å². The maximum Gasteiger partial charge on any atom is 0.300 e. The molecule has 4 rings (SSSR count). The van der Waals surface area contributed by atoms with Crippen LogP contribution in [0.5, 0.6) is 5.75 Å². The maximum absolute atomic E-state index is 13.0. The predicted octanol–water partition coefficient (Wildman–Crippen LogP) is 4.48. The van der Waals surface area contributed by atoms with Gasteiger partial charge in [-0.15, -0.1) is 0 Å². The van der Waals surface area contributed by atoms with Crippen LogP contribution >= 0.6 is 15.9 Å². The van der Waals surface area contributed by atoms with Crippen LogP contribution in [0.4, 0.5) is 5.69 Å². The first-order valence-electron chi connectivity index (χ1n) is 9.13. The number of methoxy groups -OCH3 is 1. The van der Waals surface area contributed by atoms with Gasteiger partial charge in [0.15, 0.2) is 0 Å². The van der Waals surface area contributed by atoms with Crippen molar-refractivity contribution in [1.29, 1.82) is 0 Å². The van der Waals surface area contributed by atoms with E-state index in [1.807, 2.05) is 0 Å². The molecule has 1 fully saturated rings. The van der Waals surface area contributed by atoms with Gasteiger partial charge in [0, 0.05) is 28.0 Å². The lowest BCUT2D eigenvalue weighted by Crippen LogP contribution is -2.29. The molecule has 1 aliphatic rings. The molecule has 0 radical (unpaired) electrons. The minimum Gasteiger partial charge on any atom is -0.507 e. The molecule has 30 heavy (non-hydrogen) atoms. The number of carbonyl (C=O) groups excluding carboxylic acids is 2. The number of ketones is 1. The average Bonchev–Trinajstić information content (AvgIpc) is 3.05. The number of benzene rings is 2. The molecule has 0 spiro atoms. The number of hydrogen-bond donors (Lipinski definition) is 1. The molecule has 0 aliphatic carbocycles. The SMILES string of the molecule is COc1cccc(N2C(=O)C(=O)/C(=C(/O)c3ccc(Br)cc3)C2c2ccccn2)c1. The third kappa shape index (κ3) is 3.48. The third-order valence-electron chi connectivity index (χ3n) is 4.86. The van der Waals surface area contributed by atoms with E-state index in [-0.39, 0.29) is 11.3 Å². The molecule has 1 saturated heterocycles. The molecule has 150 valence electrons. The molecule has 1 N–H and O–H groups in total. The highest BCUT2D eigenvalue weighted by molar-refractivity contribution is 9.10. The van der Waals surface area contributed by atoms with Gasteiger partial charge in [0.2, 0.25) is 0 Å². The smallest absolute Gasteiger partial charge is 0.300 e. The highest BCUT2D eigenvalue weighted by atomic mass is 79.9. The molecule has 0 saturated carbocycles. The number of amides is 1. The first kappa shape index (κ1) is 19.8. The molecule has 0 bridgehead atoms. The summed E-state index contributed by atoms with van der Waals surface area (Å²) < 4.78 is 6.10. The summed E-state index contributed by atoms with van der Waals surface area (Å²) in [6, 6.07) is 18.1. The van der Waals surface area contributed by atoms with Crippen LogP contribution in [0.15, 0.2) is 83.0 Å². The number of aliphatic hydroxyl groups excluding tert-OH is 1. The number of pyridine rings is 1. The zero-order valence-electron chi connectivity index (χ0n) is 15.9. The van der Waals surface area contributed by atoms with Crippen LogP contribution in [-0.4, -0.2) is 28.9 Å². The maximum atomic E-state index is 13.0. The summed E-state index contributed by atoms with van der Waals surface area (Å²) in [7, 11) is 1.52. The fourth-order valence-corrected chi connectivity index (χ4v) is 3.70. The summed E-state index contributed by atoms with van der Waals surface area (Å²) in [5.74, 6) is -1.21. The Balaban J connectivity index is 1.93. The van der Waals surface area contributed by atoms with Gasteiger partial charge >= 0.3 is 0 Å². The Morgan fingerprint density at radius 2 is 1.83 bits per heavy atom. The monoisotopic (exact) mass is 464 g/mol. The number of carbonyl (C=O) groups is 2. The second kappa shape index (κ2) is 8.12. The van der Waals surface area contributed by atoms with Crippen molar-refractivity contribution < 1.29 is 19.4 Å². The molecule has 1 atom stereocenters. The van der Waals surface area contributed by atoms with Crippen molar-refractivity contribution in [2.45, 2.75) is 6.04 Å². The number of halogens is 1. The van der Waals surface area contributed by atoms with Crippen molar-refractivity contribution in [1.82, 2.24) is 4.98 Å². The second-order valence-electron chi connectivity index (χ2n) is 6.63. The molecular weight excluding hydrogens is 448 g/mol. The molecule has 7 heteroatoms. The van der Waals surface area contributed by atoms with E-state index in [0.29, 0.717) is 22.7 Å². The number of hydrogen-bond acceptors (Lipinski definition) is 5. The molecule has 2 heterocycles. The van der Waals surface area contributed by atoms with Crippen LogP contribution in [-0.2, 0) is 9.59 Å². The lowest BCUT2D eigenvalue weighted by atomic mass is 9.98. The Morgan fingerprint density at radius 3 is 2.50 bits per heavy atom. The van der Waals surface area contributed by atoms with E-state index in [9.17, 15) is 14.7 Å². The lowest BCUT2D eigenvalue weighted by molar-refractivity contribution is -0.132. The Bertz CT molecular complexity index is 1140. The first-order chi connectivity index (χ1) is 14.5. The Hall–Kier alpha value is -3.45. The van der Waals surface area contributed by atoms with Crippen LogP contribution in [0.3, 0.4) is 0 Å². The molecule has 6 nitrogen and oxygen atoms in total. The summed E-state index contributed by atoms with van der Waals surface area (Å²) in [6.45, 7) is 0. The van der Waals surface area contributed by atoms with Gasteiger partial charge in [0.05, 0.1) is 18.4 Å². The van der Waals surface area contributed by atoms with E-state index in [2.05, 4.69) is 20.9 Å². The Kier molecular flexibility index (Phi) is 5.37. The Labute approximate surface area is 181 Å². The normalized spacial score (nSPS) is 17.9. The molecule has 3 aromatic rings. The summed E-state index contributed by atoms with van der Waals surface area (Å²) in [5.41, 5.74) is 1.37. The minimum atomic E-state index is -0.873. The van der Waals surface area contributed by atoms with Gasteiger partial charge in [-0.2, -0.15) is 0 Å². The summed E-state index contributed by atoms with van der Waals surface area (Å²) >= 11 is 3.35. The van der Waals surface area contributed by atoms with E-state index in [0.717, 1.165) is 4.47 Å². The Morgan fingerprint density at radius 1 is 1.07 bits per heavy atom. The van der Waals surface area contributed by atoms with Gasteiger partial charge in [-0.05, 0) is 36.4 Å². The van der Waals surface area contributed by atoms with Crippen molar-refractivity contribution in [3.05, 3.63) is 94.2 Å². The zero-order chi connectivity index (χ0) is 21.3. The number of rotatable bonds is 4. The summed E-state index contributed by atoms with van der Waals surface area (Å²) in [5, 5.41) is 11.0. The topological polar surface area (TPSA) is 79.7 Å². The van der Waals surface area contributed by atoms with Crippen molar-refractivity contribution in [3.63, 3.8) is 0 Å². The molecule has 1 unspecified atom stereocenters. The van der Waals surface area contributed by atoms with Crippen LogP contribution in [0.25, 0.3) is 5.76 Å². The lowest BCUT2D eigenvalue weighted by Gasteiger charge is -2.24. The molecule has 1 amide bonds. The van der Waals surface area contributed by atoms with E-state index in [1.54, 1.807) is 72.9 Å². The zero-order valence-corrected chi connectivity index (χ0v) is 17.5. The predicted molar refractivity (Wildman–Crippen MR) is 116 cm³/mol. The summed E-state index contributed by atoms with van der Waals surface area (Å²) in [4.78, 5) is 31.8. The minimum absolute atomic E-state index is 0.0103. The van der Waals surface area contributed by atoms with Crippen molar-refractivity contribution in [3.8, 4) is 5.75 Å². The molecular formula is C23H17BrN2O4. The fourth-order valence-electron chi connectivity index (χ4n) is 3.44. The van der Waals surface area contributed by atoms with E-state index >= 15 is 0 Å². The number of nitrogens with zero attached hydrogens (tertiary/aromatic N) is 2. The molecule has 1 aliphatic heterocycles. The van der Waals surface area contributed by atoms with Crippen LogP contribution in [0, 0.1) is 0 Å². The van der Waals surface area contributed by atoms with Gasteiger partial charge in [0.25, 0.3) is 11.7 Å². The van der Waals surface area contributed by atoms with E-state index in [4.69, 9.17) is 4.74 Å². The number of Topliss-reactive ketones (excluding diaryl/α,β-unsaturated/α-hetero) is 1. The van der Waals surface area contributed by atoms with Gasteiger partial charge in [0.1, 0.15) is 17.6 Å². The largest absolute Gasteiger partial charge is 0.507 e. The fraction of sp³-hybridized carbons (Fsp3) is 0.0870. The van der Waals surface area contributed by atoms with Crippen LogP contribution in [0.1, 0.15) is 17.3 Å². The van der Waals surface area contributed by atoms with Gasteiger partial charge < -0.3 is 9.84 Å². The average molecular weight is 465 g/mol. The molecule has 2 aromatic carbocycles. The van der Waals surface area contributed by atoms with E-state index < -0.39 is 17.7 Å². The highest BCUT2D eigenvalue weighted by Crippen LogP contribution is 2.42. The molecule has 1 aromatic heterocycles. The van der Waals surface area contributed by atoms with E-state index in [1.165, 1.54) is 12.0 Å². The number of aromatic nitrogens is 1.